The molecule has 0 spiro atoms. The summed E-state index contributed by atoms with van der Waals surface area (Å²) in [6, 6.07) is 17.6. The van der Waals surface area contributed by atoms with Gasteiger partial charge in [-0.25, -0.2) is 13.9 Å². The number of urea groups is 1. The number of likely N-dealkylation sites (N-methyl/N-ethyl adjacent to an activating group) is 1. The lowest BCUT2D eigenvalue weighted by Crippen LogP contribution is -2.26. The number of carbonyl (C=O) groups is 2. The number of amides is 3. The number of halogens is 1. The number of aromatic nitrogens is 2. The Kier molecular flexibility index (Phi) is 6.62. The molecular weight excluding hydrogens is 519 g/mol. The van der Waals surface area contributed by atoms with Crippen molar-refractivity contribution in [3.63, 3.8) is 0 Å². The second-order valence-corrected chi connectivity index (χ2v) is 11.8. The van der Waals surface area contributed by atoms with Gasteiger partial charge in [0.05, 0.1) is 17.1 Å². The smallest absolute Gasteiger partial charge is 0.324 e. The van der Waals surface area contributed by atoms with Crippen molar-refractivity contribution in [2.24, 2.45) is 0 Å². The summed E-state index contributed by atoms with van der Waals surface area (Å²) in [6.07, 6.45) is 0.945. The molecule has 3 amide bonds. The average Bonchev–Trinajstić information content (AvgIpc) is 3.53. The lowest BCUT2D eigenvalue weighted by Gasteiger charge is -2.25. The van der Waals surface area contributed by atoms with Gasteiger partial charge in [-0.15, -0.1) is 0 Å². The van der Waals surface area contributed by atoms with E-state index in [1.807, 2.05) is 18.2 Å². The molecule has 0 fully saturated rings. The summed E-state index contributed by atoms with van der Waals surface area (Å²) in [5.41, 5.74) is 7.01. The molecule has 0 saturated heterocycles. The monoisotopic (exact) mass is 552 g/mol. The third-order valence-corrected chi connectivity index (χ3v) is 7.73. The quantitative estimate of drug-likeness (QED) is 0.296. The number of carbonyl (C=O) groups excluding carboxylic acids is 2. The zero-order chi connectivity index (χ0) is 28.9. The molecule has 0 bridgehead atoms. The first-order valence-electron chi connectivity index (χ1n) is 13.8. The Hall–Kier alpha value is -4.50. The predicted molar refractivity (Wildman–Crippen MR) is 158 cm³/mol. The van der Waals surface area contributed by atoms with E-state index in [9.17, 15) is 14.0 Å². The van der Waals surface area contributed by atoms with Crippen LogP contribution in [0.1, 0.15) is 53.5 Å². The summed E-state index contributed by atoms with van der Waals surface area (Å²) in [5, 5.41) is 13.2. The van der Waals surface area contributed by atoms with Gasteiger partial charge in [-0.05, 0) is 71.6 Å². The highest BCUT2D eigenvalue weighted by molar-refractivity contribution is 6.01. The van der Waals surface area contributed by atoms with Crippen LogP contribution < -0.4 is 16.0 Å². The molecule has 3 N–H and O–H groups in total. The molecule has 0 radical (unpaired) electrons. The van der Waals surface area contributed by atoms with Crippen molar-refractivity contribution in [1.29, 1.82) is 0 Å². The van der Waals surface area contributed by atoms with Crippen molar-refractivity contribution in [3.05, 3.63) is 94.4 Å². The Morgan fingerprint density at radius 3 is 2.61 bits per heavy atom. The van der Waals surface area contributed by atoms with Gasteiger partial charge in [-0.3, -0.25) is 10.1 Å². The first-order valence-corrected chi connectivity index (χ1v) is 13.8. The molecule has 9 heteroatoms. The Balaban J connectivity index is 1.29. The van der Waals surface area contributed by atoms with E-state index in [0.717, 1.165) is 42.0 Å². The molecule has 0 aliphatic carbocycles. The molecule has 0 atom stereocenters. The van der Waals surface area contributed by atoms with Gasteiger partial charge < -0.3 is 15.5 Å². The number of nitrogens with one attached hydrogen (secondary N) is 3. The van der Waals surface area contributed by atoms with Crippen molar-refractivity contribution in [2.75, 3.05) is 24.2 Å². The number of nitrogens with zero attached hydrogens (tertiary/aromatic N) is 3. The van der Waals surface area contributed by atoms with Crippen LogP contribution in [0.3, 0.4) is 0 Å². The van der Waals surface area contributed by atoms with Crippen molar-refractivity contribution in [1.82, 2.24) is 20.0 Å². The van der Waals surface area contributed by atoms with Gasteiger partial charge in [0.2, 0.25) is 0 Å². The molecule has 210 valence electrons. The van der Waals surface area contributed by atoms with Crippen molar-refractivity contribution in [2.45, 2.75) is 45.7 Å². The minimum Gasteiger partial charge on any atom is -0.348 e. The van der Waals surface area contributed by atoms with E-state index in [1.54, 1.807) is 28.9 Å². The fourth-order valence-corrected chi connectivity index (χ4v) is 5.43. The van der Waals surface area contributed by atoms with E-state index < -0.39 is 11.8 Å². The van der Waals surface area contributed by atoms with E-state index in [1.165, 1.54) is 17.2 Å². The van der Waals surface area contributed by atoms with E-state index >= 15 is 0 Å². The van der Waals surface area contributed by atoms with Crippen LogP contribution in [-0.2, 0) is 24.9 Å². The summed E-state index contributed by atoms with van der Waals surface area (Å²) in [7, 11) is 2.11. The minimum atomic E-state index is -0.586. The third kappa shape index (κ3) is 5.20. The summed E-state index contributed by atoms with van der Waals surface area (Å²) < 4.78 is 16.6. The maximum absolute atomic E-state index is 14.9. The molecule has 6 rings (SSSR count). The fraction of sp³-hybridized carbons (Fsp3) is 0.281. The standard InChI is InChI=1S/C32H33FN6O2/c1-32(2,3)28-16-29(39(37-28)22-10-8-21-18-38(4)13-12-19(21)14-22)36-31(41)35-27-15-20(9-11-26(27)33)23-6-5-7-24-25(23)17-34-30(24)40/h5-11,14-16H,12-13,17-18H2,1-4H3,(H,34,40)(H2,35,36,41). The van der Waals surface area contributed by atoms with Gasteiger partial charge in [0, 0.05) is 36.7 Å². The first kappa shape index (κ1) is 26.7. The highest BCUT2D eigenvalue weighted by atomic mass is 19.1. The topological polar surface area (TPSA) is 91.3 Å². The zero-order valence-electron chi connectivity index (χ0n) is 23.6. The number of anilines is 2. The fourth-order valence-electron chi connectivity index (χ4n) is 5.43. The van der Waals surface area contributed by atoms with Gasteiger partial charge >= 0.3 is 6.03 Å². The van der Waals surface area contributed by atoms with Crippen LogP contribution in [0.2, 0.25) is 0 Å². The van der Waals surface area contributed by atoms with E-state index in [0.29, 0.717) is 23.5 Å². The van der Waals surface area contributed by atoms with Crippen molar-refractivity contribution >= 4 is 23.4 Å². The van der Waals surface area contributed by atoms with Crippen LogP contribution in [0, 0.1) is 5.82 Å². The number of rotatable bonds is 4. The molecule has 8 nitrogen and oxygen atoms in total. The van der Waals surface area contributed by atoms with Gasteiger partial charge in [-0.2, -0.15) is 5.10 Å². The van der Waals surface area contributed by atoms with Crippen LogP contribution in [0.25, 0.3) is 16.8 Å². The summed E-state index contributed by atoms with van der Waals surface area (Å²) in [4.78, 5) is 27.6. The van der Waals surface area contributed by atoms with Gasteiger partial charge in [0.15, 0.2) is 0 Å². The largest absolute Gasteiger partial charge is 0.348 e. The maximum atomic E-state index is 14.9. The number of benzene rings is 3. The molecule has 2 aliphatic rings. The van der Waals surface area contributed by atoms with Crippen LogP contribution in [0.4, 0.5) is 20.7 Å². The molecule has 1 aromatic heterocycles. The minimum absolute atomic E-state index is 0.0369. The van der Waals surface area contributed by atoms with E-state index in [4.69, 9.17) is 5.10 Å². The number of hydrogen-bond acceptors (Lipinski definition) is 4. The highest BCUT2D eigenvalue weighted by Crippen LogP contribution is 2.32. The van der Waals surface area contributed by atoms with Crippen LogP contribution in [0.5, 0.6) is 0 Å². The van der Waals surface area contributed by atoms with Crippen molar-refractivity contribution in [3.8, 4) is 16.8 Å². The summed E-state index contributed by atoms with van der Waals surface area (Å²) in [5.74, 6) is -0.198. The van der Waals surface area contributed by atoms with Crippen LogP contribution >= 0.6 is 0 Å². The molecule has 0 saturated carbocycles. The highest BCUT2D eigenvalue weighted by Gasteiger charge is 2.24. The second kappa shape index (κ2) is 10.2. The molecule has 4 aromatic rings. The summed E-state index contributed by atoms with van der Waals surface area (Å²) in [6.45, 7) is 8.49. The molecule has 0 unspecified atom stereocenters. The molecule has 3 aromatic carbocycles. The second-order valence-electron chi connectivity index (χ2n) is 11.8. The summed E-state index contributed by atoms with van der Waals surface area (Å²) >= 11 is 0. The molecule has 3 heterocycles. The van der Waals surface area contributed by atoms with Crippen LogP contribution in [0.15, 0.2) is 60.7 Å². The zero-order valence-corrected chi connectivity index (χ0v) is 23.6. The molecule has 41 heavy (non-hydrogen) atoms. The molecular formula is C32H33FN6O2. The van der Waals surface area contributed by atoms with Crippen molar-refractivity contribution < 1.29 is 14.0 Å². The lowest BCUT2D eigenvalue weighted by molar-refractivity contribution is 0.0965. The Labute approximate surface area is 238 Å². The Bertz CT molecular complexity index is 1690. The van der Waals surface area contributed by atoms with Gasteiger partial charge in [0.25, 0.3) is 5.91 Å². The Morgan fingerprint density at radius 1 is 1.00 bits per heavy atom. The first-order chi connectivity index (χ1) is 19.6. The third-order valence-electron chi connectivity index (χ3n) is 7.73. The normalized spacial score (nSPS) is 14.8. The van der Waals surface area contributed by atoms with E-state index in [2.05, 4.69) is 60.8 Å². The van der Waals surface area contributed by atoms with E-state index in [-0.39, 0.29) is 17.0 Å². The maximum Gasteiger partial charge on any atom is 0.324 e. The molecule has 2 aliphatic heterocycles. The van der Waals surface area contributed by atoms with Crippen LogP contribution in [-0.4, -0.2) is 40.2 Å². The number of hydrogen-bond donors (Lipinski definition) is 3. The van der Waals surface area contributed by atoms with Gasteiger partial charge in [0.1, 0.15) is 11.6 Å². The lowest BCUT2D eigenvalue weighted by atomic mass is 9.92. The SMILES string of the molecule is CN1CCc2cc(-n3nc(C(C)(C)C)cc3NC(=O)Nc3cc(-c4cccc5c4CNC5=O)ccc3F)ccc2C1. The Morgan fingerprint density at radius 2 is 1.80 bits per heavy atom. The average molecular weight is 553 g/mol. The predicted octanol–water partition coefficient (Wildman–Crippen LogP) is 5.85. The van der Waals surface area contributed by atoms with Gasteiger partial charge in [-0.1, -0.05) is 45.0 Å². The number of fused-ring (bicyclic) bond motifs is 2.